The summed E-state index contributed by atoms with van der Waals surface area (Å²) >= 11 is 0. The zero-order valence-corrected chi connectivity index (χ0v) is 8.23. The lowest BCUT2D eigenvalue weighted by Crippen LogP contribution is -2.35. The van der Waals surface area contributed by atoms with Gasteiger partial charge in [0.05, 0.1) is 15.4 Å². The topological polar surface area (TPSA) is 74.3 Å². The minimum absolute atomic E-state index is 0.0279. The second kappa shape index (κ2) is 5.80. The fraction of sp³-hybridized carbons (Fsp3) is 0.273. The lowest BCUT2D eigenvalue weighted by atomic mass is 10.2. The minimum atomic E-state index is -2.29. The van der Waals surface area contributed by atoms with E-state index < -0.39 is 43.1 Å². The second-order valence-corrected chi connectivity index (χ2v) is 2.69. The lowest BCUT2D eigenvalue weighted by Gasteiger charge is -2.02. The van der Waals surface area contributed by atoms with Crippen LogP contribution in [0.4, 0.5) is 0 Å². The van der Waals surface area contributed by atoms with E-state index in [0.29, 0.717) is 0 Å². The van der Waals surface area contributed by atoms with E-state index in [0.717, 1.165) is 0 Å². The van der Waals surface area contributed by atoms with Crippen molar-refractivity contribution in [3.8, 4) is 0 Å². The Balaban J connectivity index is 3.22. The number of rotatable bonds is 3. The SMILES string of the molecule is [2H]c1c([2H])c([2H])c(CC([2H])([2H])N=C(N)NC(C)=N)c([2H])c1[2H]. The summed E-state index contributed by atoms with van der Waals surface area (Å²) in [7, 11) is 0. The largest absolute Gasteiger partial charge is 0.370 e. The van der Waals surface area contributed by atoms with Crippen LogP contribution in [0.3, 0.4) is 0 Å². The van der Waals surface area contributed by atoms with Crippen molar-refractivity contribution in [2.24, 2.45) is 10.7 Å². The summed E-state index contributed by atoms with van der Waals surface area (Å²) in [5.41, 5.74) is 5.25. The molecule has 0 spiro atoms. The third-order valence-corrected chi connectivity index (χ3v) is 1.32. The van der Waals surface area contributed by atoms with Gasteiger partial charge in [0.1, 0.15) is 0 Å². The van der Waals surface area contributed by atoms with Gasteiger partial charge in [-0.15, -0.1) is 0 Å². The first kappa shape index (κ1) is 4.79. The number of hydrogen-bond donors (Lipinski definition) is 3. The minimum Gasteiger partial charge on any atom is -0.370 e. The molecule has 0 aromatic heterocycles. The summed E-state index contributed by atoms with van der Waals surface area (Å²) in [4.78, 5) is 3.55. The Kier molecular flexibility index (Phi) is 1.85. The number of guanidine groups is 1. The molecule has 4 heteroatoms. The van der Waals surface area contributed by atoms with Gasteiger partial charge < -0.3 is 11.1 Å². The molecule has 4 N–H and O–H groups in total. The maximum Gasteiger partial charge on any atom is 0.194 e. The highest BCUT2D eigenvalue weighted by atomic mass is 15.1. The molecule has 1 aromatic carbocycles. The molecule has 0 heterocycles. The van der Waals surface area contributed by atoms with Crippen LogP contribution >= 0.6 is 0 Å². The van der Waals surface area contributed by atoms with E-state index in [1.165, 1.54) is 6.92 Å². The maximum absolute atomic E-state index is 7.78. The predicted molar refractivity (Wildman–Crippen MR) is 63.2 cm³/mol. The Morgan fingerprint density at radius 3 is 2.87 bits per heavy atom. The predicted octanol–water partition coefficient (Wildman–Crippen LogP) is 1.13. The van der Waals surface area contributed by atoms with E-state index >= 15 is 0 Å². The van der Waals surface area contributed by atoms with Crippen LogP contribution in [0.2, 0.25) is 0 Å². The van der Waals surface area contributed by atoms with Gasteiger partial charge in [-0.05, 0) is 18.9 Å². The van der Waals surface area contributed by atoms with Gasteiger partial charge in [-0.1, -0.05) is 30.2 Å². The Morgan fingerprint density at radius 2 is 2.27 bits per heavy atom. The van der Waals surface area contributed by atoms with Crippen LogP contribution in [0.5, 0.6) is 0 Å². The lowest BCUT2D eigenvalue weighted by molar-refractivity contribution is 0.955. The smallest absolute Gasteiger partial charge is 0.194 e. The quantitative estimate of drug-likeness (QED) is 0.518. The van der Waals surface area contributed by atoms with Gasteiger partial charge in [0.25, 0.3) is 0 Å². The van der Waals surface area contributed by atoms with Gasteiger partial charge in [-0.2, -0.15) is 0 Å². The first-order valence-electron chi connectivity index (χ1n) is 7.69. The van der Waals surface area contributed by atoms with Crippen molar-refractivity contribution in [2.75, 3.05) is 6.50 Å². The molecular formula is C11H16N4. The standard InChI is InChI=1S/C11H16N4/c1-9(12)15-11(13)14-8-7-10-5-3-2-4-6-10/h2-6H,7-8H2,1H3,(H4,12,13,14,15)/i2D,3D,4D,5D,6D,8D2. The van der Waals surface area contributed by atoms with E-state index in [-0.39, 0.29) is 17.4 Å². The molecule has 0 atom stereocenters. The van der Waals surface area contributed by atoms with Crippen molar-refractivity contribution in [2.45, 2.75) is 13.3 Å². The van der Waals surface area contributed by atoms with Crippen molar-refractivity contribution in [3.05, 3.63) is 35.8 Å². The Hall–Kier alpha value is -1.84. The third kappa shape index (κ3) is 4.81. The summed E-state index contributed by atoms with van der Waals surface area (Å²) in [5.74, 6) is -0.357. The Bertz CT molecular complexity index is 613. The first-order valence-corrected chi connectivity index (χ1v) is 4.19. The molecule has 0 saturated heterocycles. The van der Waals surface area contributed by atoms with Crippen LogP contribution in [0.15, 0.2) is 35.2 Å². The molecule has 0 aliphatic heterocycles. The molecule has 0 bridgehead atoms. The molecular weight excluding hydrogens is 188 g/mol. The number of nitrogens with zero attached hydrogens (tertiary/aromatic N) is 1. The van der Waals surface area contributed by atoms with E-state index in [1.807, 2.05) is 0 Å². The number of nitrogens with one attached hydrogen (secondary N) is 2. The molecule has 15 heavy (non-hydrogen) atoms. The third-order valence-electron chi connectivity index (χ3n) is 1.32. The van der Waals surface area contributed by atoms with Crippen LogP contribution in [-0.4, -0.2) is 18.3 Å². The molecule has 0 aliphatic rings. The van der Waals surface area contributed by atoms with E-state index in [4.69, 9.17) is 20.7 Å². The number of amidine groups is 1. The normalized spacial score (nSPS) is 18.7. The van der Waals surface area contributed by atoms with Gasteiger partial charge in [-0.3, -0.25) is 10.4 Å². The van der Waals surface area contributed by atoms with Crippen LogP contribution < -0.4 is 11.1 Å². The fourth-order valence-electron chi connectivity index (χ4n) is 0.788. The number of aliphatic imine (C=N–C) groups is 1. The molecule has 0 fully saturated rings. The van der Waals surface area contributed by atoms with Gasteiger partial charge in [0.15, 0.2) is 5.96 Å². The van der Waals surface area contributed by atoms with Crippen LogP contribution in [-0.2, 0) is 6.42 Å². The summed E-state index contributed by atoms with van der Waals surface area (Å²) < 4.78 is 53.6. The average Bonchev–Trinajstić information content (AvgIpc) is 2.37. The molecule has 0 radical (unpaired) electrons. The number of nitrogens with two attached hydrogens (primary N) is 1. The van der Waals surface area contributed by atoms with Crippen molar-refractivity contribution in [1.82, 2.24) is 5.32 Å². The number of benzene rings is 1. The second-order valence-electron chi connectivity index (χ2n) is 2.69. The molecule has 1 aromatic rings. The van der Waals surface area contributed by atoms with Gasteiger partial charge in [-0.25, -0.2) is 0 Å². The van der Waals surface area contributed by atoms with Crippen LogP contribution in [0.1, 0.15) is 22.1 Å². The Labute approximate surface area is 99.6 Å². The molecule has 0 aliphatic carbocycles. The number of hydrogen-bond acceptors (Lipinski definition) is 2. The molecule has 0 saturated carbocycles. The summed E-state index contributed by atoms with van der Waals surface area (Å²) in [6.45, 7) is -0.895. The average molecular weight is 211 g/mol. The van der Waals surface area contributed by atoms with Gasteiger partial charge >= 0.3 is 0 Å². The van der Waals surface area contributed by atoms with Gasteiger partial charge in [0, 0.05) is 6.50 Å². The van der Waals surface area contributed by atoms with Crippen molar-refractivity contribution >= 4 is 11.8 Å². The molecule has 1 rings (SSSR count). The molecule has 0 unspecified atom stereocenters. The first-order chi connectivity index (χ1) is 9.96. The van der Waals surface area contributed by atoms with Gasteiger partial charge in [0.2, 0.25) is 0 Å². The molecule has 0 amide bonds. The zero-order chi connectivity index (χ0) is 17.2. The highest BCUT2D eigenvalue weighted by molar-refractivity contribution is 5.96. The van der Waals surface area contributed by atoms with Crippen molar-refractivity contribution < 1.29 is 9.60 Å². The highest BCUT2D eigenvalue weighted by Crippen LogP contribution is 1.98. The summed E-state index contributed by atoms with van der Waals surface area (Å²) in [6.07, 6.45) is -0.540. The van der Waals surface area contributed by atoms with E-state index in [9.17, 15) is 0 Å². The summed E-state index contributed by atoms with van der Waals surface area (Å²) in [6, 6.07) is -2.54. The van der Waals surface area contributed by atoms with Crippen molar-refractivity contribution in [3.63, 3.8) is 0 Å². The molecule has 4 nitrogen and oxygen atoms in total. The van der Waals surface area contributed by atoms with E-state index in [2.05, 4.69) is 10.3 Å². The Morgan fingerprint density at radius 1 is 1.60 bits per heavy atom. The zero-order valence-electron chi connectivity index (χ0n) is 15.2. The van der Waals surface area contributed by atoms with Crippen LogP contribution in [0, 0.1) is 5.41 Å². The highest BCUT2D eigenvalue weighted by Gasteiger charge is 1.92. The summed E-state index contributed by atoms with van der Waals surface area (Å²) in [5, 5.41) is 9.50. The molecule has 80 valence electrons. The fourth-order valence-corrected chi connectivity index (χ4v) is 0.788. The maximum atomic E-state index is 7.78. The van der Waals surface area contributed by atoms with E-state index in [1.54, 1.807) is 0 Å². The van der Waals surface area contributed by atoms with Crippen LogP contribution in [0.25, 0.3) is 0 Å². The monoisotopic (exact) mass is 211 g/mol. The van der Waals surface area contributed by atoms with Crippen molar-refractivity contribution in [1.29, 1.82) is 5.41 Å².